The van der Waals surface area contributed by atoms with E-state index in [9.17, 15) is 4.79 Å². The van der Waals surface area contributed by atoms with E-state index >= 15 is 0 Å². The first-order chi connectivity index (χ1) is 10.1. The number of carbonyl (C=O) groups excluding carboxylic acids is 1. The van der Waals surface area contributed by atoms with E-state index in [0.29, 0.717) is 26.2 Å². The molecule has 1 unspecified atom stereocenters. The summed E-state index contributed by atoms with van der Waals surface area (Å²) < 4.78 is 16.0. The van der Waals surface area contributed by atoms with Crippen LogP contribution in [0.5, 0.6) is 11.5 Å². The van der Waals surface area contributed by atoms with Crippen LogP contribution in [0, 0.1) is 0 Å². The number of nitrogens with one attached hydrogen (secondary N) is 1. The minimum absolute atomic E-state index is 0.281. The van der Waals surface area contributed by atoms with Crippen molar-refractivity contribution in [2.45, 2.75) is 32.7 Å². The Morgan fingerprint density at radius 2 is 1.90 bits per heavy atom. The van der Waals surface area contributed by atoms with E-state index in [1.807, 2.05) is 45.0 Å². The Bertz CT molecular complexity index is 450. The zero-order chi connectivity index (χ0) is 15.7. The van der Waals surface area contributed by atoms with Crippen LogP contribution in [0.25, 0.3) is 0 Å². The Morgan fingerprint density at radius 3 is 2.48 bits per heavy atom. The molecule has 0 saturated carbocycles. The molecule has 1 N–H and O–H groups in total. The van der Waals surface area contributed by atoms with Crippen molar-refractivity contribution in [1.29, 1.82) is 0 Å². The van der Waals surface area contributed by atoms with Crippen molar-refractivity contribution in [3.05, 3.63) is 24.3 Å². The van der Waals surface area contributed by atoms with Gasteiger partial charge in [0.15, 0.2) is 0 Å². The first kappa shape index (κ1) is 17.3. The van der Waals surface area contributed by atoms with E-state index in [0.717, 1.165) is 11.5 Å². The lowest BCUT2D eigenvalue weighted by Gasteiger charge is -2.27. The van der Waals surface area contributed by atoms with E-state index in [-0.39, 0.29) is 5.97 Å². The van der Waals surface area contributed by atoms with E-state index in [4.69, 9.17) is 14.2 Å². The number of hydrogen-bond donors (Lipinski definition) is 1. The van der Waals surface area contributed by atoms with E-state index in [1.54, 1.807) is 0 Å². The van der Waals surface area contributed by atoms with Crippen LogP contribution in [0.15, 0.2) is 24.3 Å². The summed E-state index contributed by atoms with van der Waals surface area (Å²) in [7, 11) is 1.39. The number of carbonyl (C=O) groups is 1. The van der Waals surface area contributed by atoms with Crippen LogP contribution in [-0.4, -0.2) is 38.4 Å². The predicted octanol–water partition coefficient (Wildman–Crippen LogP) is 2.40. The molecule has 0 amide bonds. The number of esters is 1. The van der Waals surface area contributed by atoms with Crippen LogP contribution in [-0.2, 0) is 9.53 Å². The molecule has 5 heteroatoms. The maximum absolute atomic E-state index is 11.8. The molecule has 0 aliphatic heterocycles. The summed E-state index contributed by atoms with van der Waals surface area (Å²) in [5.74, 6) is 1.22. The monoisotopic (exact) mass is 295 g/mol. The quantitative estimate of drug-likeness (QED) is 0.709. The molecular formula is C16H25NO4. The first-order valence-corrected chi connectivity index (χ1v) is 7.24. The molecule has 0 aliphatic carbocycles. The van der Waals surface area contributed by atoms with Crippen LogP contribution >= 0.6 is 0 Å². The molecule has 0 bridgehead atoms. The van der Waals surface area contributed by atoms with Crippen LogP contribution in [0.2, 0.25) is 0 Å². The molecule has 1 aromatic rings. The average Bonchev–Trinajstić information content (AvgIpc) is 2.47. The molecule has 0 saturated heterocycles. The second-order valence-corrected chi connectivity index (χ2v) is 4.86. The molecule has 0 fully saturated rings. The lowest BCUT2D eigenvalue weighted by Crippen LogP contribution is -2.51. The van der Waals surface area contributed by atoms with Crippen molar-refractivity contribution in [2.75, 3.05) is 26.9 Å². The number of hydrogen-bond acceptors (Lipinski definition) is 5. The molecule has 0 aromatic heterocycles. The van der Waals surface area contributed by atoms with E-state index in [2.05, 4.69) is 5.32 Å². The van der Waals surface area contributed by atoms with Gasteiger partial charge in [0.25, 0.3) is 0 Å². The Kier molecular flexibility index (Phi) is 7.02. The lowest BCUT2D eigenvalue weighted by atomic mass is 9.98. The van der Waals surface area contributed by atoms with Crippen molar-refractivity contribution >= 4 is 5.97 Å². The Labute approximate surface area is 126 Å². The molecular weight excluding hydrogens is 270 g/mol. The van der Waals surface area contributed by atoms with Gasteiger partial charge in [-0.05, 0) is 32.5 Å². The molecule has 1 aromatic carbocycles. The third-order valence-electron chi connectivity index (χ3n) is 3.19. The van der Waals surface area contributed by atoms with Crippen molar-refractivity contribution in [1.82, 2.24) is 5.32 Å². The summed E-state index contributed by atoms with van der Waals surface area (Å²) in [6.07, 6.45) is 0.520. The molecule has 0 spiro atoms. The minimum atomic E-state index is -0.735. The fourth-order valence-electron chi connectivity index (χ4n) is 2.07. The van der Waals surface area contributed by atoms with Gasteiger partial charge < -0.3 is 19.5 Å². The van der Waals surface area contributed by atoms with Crippen molar-refractivity contribution in [2.24, 2.45) is 0 Å². The molecule has 118 valence electrons. The van der Waals surface area contributed by atoms with Crippen molar-refractivity contribution in [3.8, 4) is 11.5 Å². The van der Waals surface area contributed by atoms with Crippen LogP contribution in [0.1, 0.15) is 27.2 Å². The molecule has 21 heavy (non-hydrogen) atoms. The third-order valence-corrected chi connectivity index (χ3v) is 3.19. The van der Waals surface area contributed by atoms with Gasteiger partial charge in [-0.2, -0.15) is 0 Å². The number of benzene rings is 1. The zero-order valence-corrected chi connectivity index (χ0v) is 13.3. The van der Waals surface area contributed by atoms with Gasteiger partial charge in [-0.1, -0.05) is 13.0 Å². The maximum Gasteiger partial charge on any atom is 0.325 e. The van der Waals surface area contributed by atoms with Crippen LogP contribution < -0.4 is 14.8 Å². The average molecular weight is 295 g/mol. The minimum Gasteiger partial charge on any atom is -0.494 e. The van der Waals surface area contributed by atoms with Crippen LogP contribution in [0.3, 0.4) is 0 Å². The zero-order valence-electron chi connectivity index (χ0n) is 13.3. The molecule has 1 atom stereocenters. The van der Waals surface area contributed by atoms with Gasteiger partial charge in [0, 0.05) is 12.5 Å². The highest BCUT2D eigenvalue weighted by Crippen LogP contribution is 2.20. The highest BCUT2D eigenvalue weighted by atomic mass is 16.5. The van der Waals surface area contributed by atoms with Crippen LogP contribution in [0.4, 0.5) is 0 Å². The SMILES string of the molecule is CCNC(C)(CCOc1cccc(OCC)c1)C(=O)OC. The van der Waals surface area contributed by atoms with E-state index < -0.39 is 5.54 Å². The van der Waals surface area contributed by atoms with Gasteiger partial charge in [-0.15, -0.1) is 0 Å². The Hall–Kier alpha value is -1.75. The smallest absolute Gasteiger partial charge is 0.325 e. The lowest BCUT2D eigenvalue weighted by molar-refractivity contribution is -0.148. The topological polar surface area (TPSA) is 56.8 Å². The van der Waals surface area contributed by atoms with Gasteiger partial charge in [0.1, 0.15) is 17.0 Å². The van der Waals surface area contributed by atoms with Gasteiger partial charge >= 0.3 is 5.97 Å². The normalized spacial score (nSPS) is 13.3. The van der Waals surface area contributed by atoms with Crippen molar-refractivity contribution < 1.29 is 19.0 Å². The standard InChI is InChI=1S/C16H25NO4/c1-5-17-16(3,15(18)19-4)10-11-21-14-9-7-8-13(12-14)20-6-2/h7-9,12,17H,5-6,10-11H2,1-4H3. The summed E-state index contributed by atoms with van der Waals surface area (Å²) >= 11 is 0. The number of methoxy groups -OCH3 is 1. The van der Waals surface area contributed by atoms with Gasteiger partial charge in [-0.3, -0.25) is 4.79 Å². The second kappa shape index (κ2) is 8.52. The number of ether oxygens (including phenoxy) is 3. The Balaban J connectivity index is 2.57. The van der Waals surface area contributed by atoms with Gasteiger partial charge in [-0.25, -0.2) is 0 Å². The molecule has 0 aliphatic rings. The molecule has 0 heterocycles. The van der Waals surface area contributed by atoms with E-state index in [1.165, 1.54) is 7.11 Å². The molecule has 1 rings (SSSR count). The number of rotatable bonds is 9. The molecule has 5 nitrogen and oxygen atoms in total. The second-order valence-electron chi connectivity index (χ2n) is 4.86. The fourth-order valence-corrected chi connectivity index (χ4v) is 2.07. The molecule has 0 radical (unpaired) electrons. The predicted molar refractivity (Wildman–Crippen MR) is 81.8 cm³/mol. The van der Waals surface area contributed by atoms with Crippen molar-refractivity contribution in [3.63, 3.8) is 0 Å². The Morgan fingerprint density at radius 1 is 1.24 bits per heavy atom. The summed E-state index contributed by atoms with van der Waals surface area (Å²) in [5, 5.41) is 3.15. The fraction of sp³-hybridized carbons (Fsp3) is 0.562. The summed E-state index contributed by atoms with van der Waals surface area (Å²) in [5.41, 5.74) is -0.735. The van der Waals surface area contributed by atoms with Gasteiger partial charge in [0.2, 0.25) is 0 Å². The third kappa shape index (κ3) is 5.27. The summed E-state index contributed by atoms with van der Waals surface area (Å²) in [4.78, 5) is 11.8. The highest BCUT2D eigenvalue weighted by molar-refractivity contribution is 5.80. The summed E-state index contributed by atoms with van der Waals surface area (Å²) in [6, 6.07) is 7.47. The number of likely N-dealkylation sites (N-methyl/N-ethyl adjacent to an activating group) is 1. The van der Waals surface area contributed by atoms with Gasteiger partial charge in [0.05, 0.1) is 20.3 Å². The largest absolute Gasteiger partial charge is 0.494 e. The summed E-state index contributed by atoms with van der Waals surface area (Å²) in [6.45, 7) is 7.42. The highest BCUT2D eigenvalue weighted by Gasteiger charge is 2.33. The maximum atomic E-state index is 11.8. The first-order valence-electron chi connectivity index (χ1n) is 7.24.